The molecule has 0 radical (unpaired) electrons. The number of pyridine rings is 1. The second-order valence-electron chi connectivity index (χ2n) is 3.27. The molecule has 3 aromatic heterocycles. The van der Waals surface area contributed by atoms with E-state index in [1.54, 1.807) is 6.20 Å². The predicted octanol–water partition coefficient (Wildman–Crippen LogP) is 1.93. The van der Waals surface area contributed by atoms with Gasteiger partial charge < -0.3 is 4.98 Å². The largest absolute Gasteiger partial charge is 0.346 e. The highest BCUT2D eigenvalue weighted by atomic mass is 15.3. The Hall–Kier alpha value is -1.84. The van der Waals surface area contributed by atoms with Crippen LogP contribution in [0.2, 0.25) is 0 Å². The molecular formula is C10H10N4. The lowest BCUT2D eigenvalue weighted by atomic mass is 10.3. The fourth-order valence-electron chi connectivity index (χ4n) is 1.73. The Morgan fingerprint density at radius 2 is 2.43 bits per heavy atom. The van der Waals surface area contributed by atoms with Gasteiger partial charge in [-0.15, -0.1) is 0 Å². The zero-order valence-electron chi connectivity index (χ0n) is 7.86. The number of nitrogens with one attached hydrogen (secondary N) is 1. The summed E-state index contributed by atoms with van der Waals surface area (Å²) in [6.45, 7) is 2.95. The van der Waals surface area contributed by atoms with Gasteiger partial charge in [-0.1, -0.05) is 0 Å². The first kappa shape index (κ1) is 7.55. The fraction of sp³-hybridized carbons (Fsp3) is 0.200. The van der Waals surface area contributed by atoms with Crippen molar-refractivity contribution in [2.24, 2.45) is 0 Å². The topological polar surface area (TPSA) is 46.5 Å². The average molecular weight is 186 g/mol. The van der Waals surface area contributed by atoms with E-state index in [9.17, 15) is 0 Å². The van der Waals surface area contributed by atoms with Crippen LogP contribution in [-0.4, -0.2) is 19.7 Å². The van der Waals surface area contributed by atoms with Crippen LogP contribution < -0.4 is 0 Å². The number of aryl methyl sites for hydroxylation is 1. The number of nitrogens with zero attached hydrogens (tertiary/aromatic N) is 3. The number of fused-ring (bicyclic) bond motifs is 2. The lowest BCUT2D eigenvalue weighted by molar-refractivity contribution is 0.684. The first-order chi connectivity index (χ1) is 6.88. The quantitative estimate of drug-likeness (QED) is 0.631. The maximum absolute atomic E-state index is 4.47. The summed E-state index contributed by atoms with van der Waals surface area (Å²) in [6, 6.07) is 4.14. The molecule has 0 saturated carbocycles. The number of H-pyrrole nitrogens is 1. The molecule has 4 heteroatoms. The Morgan fingerprint density at radius 1 is 1.50 bits per heavy atom. The van der Waals surface area contributed by atoms with Crippen LogP contribution in [0.1, 0.15) is 6.92 Å². The van der Waals surface area contributed by atoms with Crippen LogP contribution in [0.25, 0.3) is 22.1 Å². The van der Waals surface area contributed by atoms with Crippen LogP contribution in [0.4, 0.5) is 0 Å². The molecule has 0 saturated heterocycles. The van der Waals surface area contributed by atoms with E-state index in [0.717, 1.165) is 28.6 Å². The first-order valence-corrected chi connectivity index (χ1v) is 4.68. The number of aromatic amines is 1. The molecule has 14 heavy (non-hydrogen) atoms. The van der Waals surface area contributed by atoms with Crippen molar-refractivity contribution in [1.29, 1.82) is 0 Å². The molecular weight excluding hydrogens is 176 g/mol. The van der Waals surface area contributed by atoms with Gasteiger partial charge in [0.25, 0.3) is 0 Å². The van der Waals surface area contributed by atoms with Crippen molar-refractivity contribution in [2.75, 3.05) is 0 Å². The van der Waals surface area contributed by atoms with Crippen LogP contribution in [-0.2, 0) is 6.54 Å². The zero-order valence-corrected chi connectivity index (χ0v) is 7.86. The minimum Gasteiger partial charge on any atom is -0.346 e. The molecule has 0 bridgehead atoms. The third-order valence-corrected chi connectivity index (χ3v) is 2.44. The molecule has 70 valence electrons. The highest BCUT2D eigenvalue weighted by Gasteiger charge is 2.04. The van der Waals surface area contributed by atoms with Crippen molar-refractivity contribution in [1.82, 2.24) is 19.7 Å². The molecule has 0 spiro atoms. The van der Waals surface area contributed by atoms with Crippen LogP contribution in [0, 0.1) is 0 Å². The van der Waals surface area contributed by atoms with Crippen molar-refractivity contribution >= 4 is 22.1 Å². The Balaban J connectivity index is 2.47. The Kier molecular flexibility index (Phi) is 1.39. The second kappa shape index (κ2) is 2.57. The summed E-state index contributed by atoms with van der Waals surface area (Å²) >= 11 is 0. The van der Waals surface area contributed by atoms with E-state index in [0.29, 0.717) is 0 Å². The minimum absolute atomic E-state index is 0.876. The SMILES string of the molecule is CCn1ncc2nc3[nH]ccc3cc21. The molecule has 3 heterocycles. The minimum atomic E-state index is 0.876. The van der Waals surface area contributed by atoms with E-state index in [1.807, 2.05) is 16.9 Å². The highest BCUT2D eigenvalue weighted by molar-refractivity contribution is 5.89. The van der Waals surface area contributed by atoms with Crippen LogP contribution >= 0.6 is 0 Å². The molecule has 0 atom stereocenters. The van der Waals surface area contributed by atoms with Crippen molar-refractivity contribution in [2.45, 2.75) is 13.5 Å². The zero-order chi connectivity index (χ0) is 9.54. The number of aromatic nitrogens is 4. The molecule has 0 fully saturated rings. The van der Waals surface area contributed by atoms with Gasteiger partial charge in [0, 0.05) is 18.1 Å². The summed E-state index contributed by atoms with van der Waals surface area (Å²) < 4.78 is 1.95. The smallest absolute Gasteiger partial charge is 0.138 e. The molecule has 3 rings (SSSR count). The first-order valence-electron chi connectivity index (χ1n) is 4.68. The van der Waals surface area contributed by atoms with Crippen LogP contribution in [0.5, 0.6) is 0 Å². The van der Waals surface area contributed by atoms with E-state index in [2.05, 4.69) is 28.1 Å². The number of rotatable bonds is 1. The maximum atomic E-state index is 4.47. The van der Waals surface area contributed by atoms with Gasteiger partial charge in [0.05, 0.1) is 11.7 Å². The van der Waals surface area contributed by atoms with E-state index < -0.39 is 0 Å². The molecule has 1 N–H and O–H groups in total. The van der Waals surface area contributed by atoms with Crippen molar-refractivity contribution in [3.63, 3.8) is 0 Å². The Labute approximate surface area is 80.6 Å². The highest BCUT2D eigenvalue weighted by Crippen LogP contribution is 2.17. The standard InChI is InChI=1S/C10H10N4/c1-2-14-9-5-7-3-4-11-10(7)13-8(9)6-12-14/h3-6H,2H2,1H3,(H,11,13). The van der Waals surface area contributed by atoms with Gasteiger partial charge in [0.15, 0.2) is 0 Å². The van der Waals surface area contributed by atoms with Crippen LogP contribution in [0.3, 0.4) is 0 Å². The Bertz CT molecular complexity index is 590. The third-order valence-electron chi connectivity index (χ3n) is 2.44. The summed E-state index contributed by atoms with van der Waals surface area (Å²) in [5, 5.41) is 5.39. The van der Waals surface area contributed by atoms with E-state index in [-0.39, 0.29) is 0 Å². The van der Waals surface area contributed by atoms with E-state index in [1.165, 1.54) is 0 Å². The number of hydrogen-bond acceptors (Lipinski definition) is 2. The number of hydrogen-bond donors (Lipinski definition) is 1. The molecule has 0 unspecified atom stereocenters. The molecule has 0 aromatic carbocycles. The maximum Gasteiger partial charge on any atom is 0.138 e. The van der Waals surface area contributed by atoms with Gasteiger partial charge in [0.2, 0.25) is 0 Å². The second-order valence-corrected chi connectivity index (χ2v) is 3.27. The van der Waals surface area contributed by atoms with Crippen molar-refractivity contribution < 1.29 is 0 Å². The molecule has 0 aliphatic carbocycles. The predicted molar refractivity (Wildman–Crippen MR) is 55.1 cm³/mol. The van der Waals surface area contributed by atoms with Crippen molar-refractivity contribution in [3.05, 3.63) is 24.5 Å². The lowest BCUT2D eigenvalue weighted by Crippen LogP contribution is -1.95. The van der Waals surface area contributed by atoms with Gasteiger partial charge in [-0.3, -0.25) is 4.68 Å². The van der Waals surface area contributed by atoms with Crippen LogP contribution in [0.15, 0.2) is 24.5 Å². The van der Waals surface area contributed by atoms with Gasteiger partial charge in [-0.2, -0.15) is 5.10 Å². The molecule has 3 aromatic rings. The molecule has 4 nitrogen and oxygen atoms in total. The monoisotopic (exact) mass is 186 g/mol. The molecule has 0 aliphatic heterocycles. The van der Waals surface area contributed by atoms with Gasteiger partial charge in [-0.25, -0.2) is 4.98 Å². The van der Waals surface area contributed by atoms with E-state index in [4.69, 9.17) is 0 Å². The summed E-state index contributed by atoms with van der Waals surface area (Å²) in [7, 11) is 0. The average Bonchev–Trinajstić information content (AvgIpc) is 2.78. The van der Waals surface area contributed by atoms with Gasteiger partial charge in [0.1, 0.15) is 11.2 Å². The molecule has 0 amide bonds. The van der Waals surface area contributed by atoms with Gasteiger partial charge >= 0.3 is 0 Å². The fourth-order valence-corrected chi connectivity index (χ4v) is 1.73. The normalized spacial score (nSPS) is 11.5. The Morgan fingerprint density at radius 3 is 3.29 bits per heavy atom. The summed E-state index contributed by atoms with van der Waals surface area (Å²) in [5.74, 6) is 0. The molecule has 0 aliphatic rings. The summed E-state index contributed by atoms with van der Waals surface area (Å²) in [6.07, 6.45) is 3.71. The van der Waals surface area contributed by atoms with E-state index >= 15 is 0 Å². The summed E-state index contributed by atoms with van der Waals surface area (Å²) in [4.78, 5) is 7.56. The summed E-state index contributed by atoms with van der Waals surface area (Å²) in [5.41, 5.74) is 2.97. The lowest BCUT2D eigenvalue weighted by Gasteiger charge is -1.97. The van der Waals surface area contributed by atoms with Gasteiger partial charge in [-0.05, 0) is 19.1 Å². The van der Waals surface area contributed by atoms with Crippen molar-refractivity contribution in [3.8, 4) is 0 Å². The third kappa shape index (κ3) is 0.878.